The second-order valence-electron chi connectivity index (χ2n) is 6.27. The van der Waals surface area contributed by atoms with Crippen molar-refractivity contribution in [2.24, 2.45) is 0 Å². The van der Waals surface area contributed by atoms with Gasteiger partial charge in [-0.15, -0.1) is 0 Å². The van der Waals surface area contributed by atoms with Gasteiger partial charge in [-0.25, -0.2) is 13.8 Å². The minimum absolute atomic E-state index is 0.0178. The first-order chi connectivity index (χ1) is 9.81. The van der Waals surface area contributed by atoms with Gasteiger partial charge in [-0.05, 0) is 26.3 Å². The van der Waals surface area contributed by atoms with Crippen molar-refractivity contribution in [1.82, 2.24) is 9.88 Å². The third kappa shape index (κ3) is 2.40. The van der Waals surface area contributed by atoms with E-state index in [2.05, 4.69) is 23.7 Å². The second-order valence-corrected chi connectivity index (χ2v) is 6.68. The van der Waals surface area contributed by atoms with Gasteiger partial charge in [0.1, 0.15) is 5.82 Å². The number of nitrogens with zero attached hydrogens (tertiary/aromatic N) is 3. The Bertz CT molecular complexity index is 562. The fourth-order valence-electron chi connectivity index (χ4n) is 3.42. The number of fused-ring (bicyclic) bond motifs is 3. The Balaban J connectivity index is 2.02. The van der Waals surface area contributed by atoms with E-state index in [0.717, 1.165) is 13.1 Å². The maximum absolute atomic E-state index is 14.6. The van der Waals surface area contributed by atoms with Crippen LogP contribution in [0.5, 0.6) is 0 Å². The Morgan fingerprint density at radius 2 is 2.10 bits per heavy atom. The average Bonchev–Trinajstić information content (AvgIpc) is 2.40. The molecule has 1 atom stereocenters. The SMILES string of the molecule is Cc1c(Cl)cnc2c1C(F)(F)C[C@H]1CN(C(C)C)CCN21. The highest BCUT2D eigenvalue weighted by molar-refractivity contribution is 6.31. The molecular formula is C15H20ClF2N3. The molecular weight excluding hydrogens is 296 g/mol. The molecule has 0 saturated carbocycles. The molecule has 1 saturated heterocycles. The lowest BCUT2D eigenvalue weighted by Crippen LogP contribution is -2.58. The molecule has 0 bridgehead atoms. The molecule has 1 aromatic rings. The van der Waals surface area contributed by atoms with Crippen molar-refractivity contribution >= 4 is 17.4 Å². The van der Waals surface area contributed by atoms with E-state index in [9.17, 15) is 8.78 Å². The van der Waals surface area contributed by atoms with Gasteiger partial charge in [-0.3, -0.25) is 4.90 Å². The van der Waals surface area contributed by atoms with Crippen LogP contribution in [0.4, 0.5) is 14.6 Å². The van der Waals surface area contributed by atoms with E-state index in [1.807, 2.05) is 4.90 Å². The van der Waals surface area contributed by atoms with Crippen LogP contribution in [0.2, 0.25) is 5.02 Å². The quantitative estimate of drug-likeness (QED) is 0.791. The summed E-state index contributed by atoms with van der Waals surface area (Å²) in [5, 5.41) is 0.313. The molecule has 1 aromatic heterocycles. The fourth-order valence-corrected chi connectivity index (χ4v) is 3.57. The van der Waals surface area contributed by atoms with Gasteiger partial charge in [0.15, 0.2) is 0 Å². The van der Waals surface area contributed by atoms with Crippen molar-refractivity contribution in [2.45, 2.75) is 45.2 Å². The van der Waals surface area contributed by atoms with Gasteiger partial charge in [0.25, 0.3) is 5.92 Å². The summed E-state index contributed by atoms with van der Waals surface area (Å²) in [5.41, 5.74) is 0.473. The number of hydrogen-bond acceptors (Lipinski definition) is 3. The minimum atomic E-state index is -2.86. The number of rotatable bonds is 1. The molecule has 3 heterocycles. The lowest BCUT2D eigenvalue weighted by atomic mass is 9.90. The largest absolute Gasteiger partial charge is 0.350 e. The Hall–Kier alpha value is -0.940. The van der Waals surface area contributed by atoms with E-state index in [-0.39, 0.29) is 18.0 Å². The van der Waals surface area contributed by atoms with Gasteiger partial charge >= 0.3 is 0 Å². The predicted molar refractivity (Wildman–Crippen MR) is 80.3 cm³/mol. The third-order valence-electron chi connectivity index (χ3n) is 4.63. The molecule has 0 unspecified atom stereocenters. The Labute approximate surface area is 128 Å². The molecule has 0 amide bonds. The Morgan fingerprint density at radius 3 is 2.76 bits per heavy atom. The monoisotopic (exact) mass is 315 g/mol. The number of piperazine rings is 1. The lowest BCUT2D eigenvalue weighted by molar-refractivity contribution is -0.0342. The summed E-state index contributed by atoms with van der Waals surface area (Å²) in [6, 6.07) is 0.193. The van der Waals surface area contributed by atoms with Gasteiger partial charge in [-0.2, -0.15) is 0 Å². The van der Waals surface area contributed by atoms with Gasteiger partial charge in [0.2, 0.25) is 0 Å². The van der Waals surface area contributed by atoms with E-state index >= 15 is 0 Å². The molecule has 21 heavy (non-hydrogen) atoms. The summed E-state index contributed by atoms with van der Waals surface area (Å²) < 4.78 is 29.2. The summed E-state index contributed by atoms with van der Waals surface area (Å²) in [6.45, 7) is 8.14. The third-order valence-corrected chi connectivity index (χ3v) is 5.01. The van der Waals surface area contributed by atoms with E-state index in [1.165, 1.54) is 6.20 Å². The zero-order chi connectivity index (χ0) is 15.4. The number of aromatic nitrogens is 1. The van der Waals surface area contributed by atoms with Crippen LogP contribution >= 0.6 is 11.6 Å². The molecule has 6 heteroatoms. The van der Waals surface area contributed by atoms with Gasteiger partial charge < -0.3 is 4.90 Å². The topological polar surface area (TPSA) is 19.4 Å². The van der Waals surface area contributed by atoms with E-state index in [0.29, 0.717) is 29.0 Å². The zero-order valence-electron chi connectivity index (χ0n) is 12.5. The van der Waals surface area contributed by atoms with Gasteiger partial charge in [-0.1, -0.05) is 11.6 Å². The highest BCUT2D eigenvalue weighted by Gasteiger charge is 2.48. The van der Waals surface area contributed by atoms with Crippen LogP contribution in [0.15, 0.2) is 6.20 Å². The smallest absolute Gasteiger partial charge is 0.279 e. The molecule has 3 rings (SSSR count). The predicted octanol–water partition coefficient (Wildman–Crippen LogP) is 3.44. The summed E-state index contributed by atoms with van der Waals surface area (Å²) in [7, 11) is 0. The highest BCUT2D eigenvalue weighted by atomic mass is 35.5. The standard InChI is InChI=1S/C15H20ClF2N3/c1-9(2)20-4-5-21-11(8-20)6-15(17,18)13-10(3)12(16)7-19-14(13)21/h7,9,11H,4-6,8H2,1-3H3/t11-/m0/s1. The fraction of sp³-hybridized carbons (Fsp3) is 0.667. The number of hydrogen-bond donors (Lipinski definition) is 0. The summed E-state index contributed by atoms with van der Waals surface area (Å²) >= 11 is 5.99. The van der Waals surface area contributed by atoms with Crippen molar-refractivity contribution in [3.05, 3.63) is 22.3 Å². The number of anilines is 1. The molecule has 0 aliphatic carbocycles. The van der Waals surface area contributed by atoms with Gasteiger partial charge in [0, 0.05) is 44.3 Å². The van der Waals surface area contributed by atoms with Crippen molar-refractivity contribution in [3.8, 4) is 0 Å². The van der Waals surface area contributed by atoms with Gasteiger partial charge in [0.05, 0.1) is 10.6 Å². The van der Waals surface area contributed by atoms with Crippen LogP contribution in [0.3, 0.4) is 0 Å². The normalized spacial score (nSPS) is 24.9. The molecule has 0 spiro atoms. The number of pyridine rings is 1. The molecule has 1 fully saturated rings. The first-order valence-electron chi connectivity index (χ1n) is 7.35. The van der Waals surface area contributed by atoms with Crippen LogP contribution in [0.1, 0.15) is 31.4 Å². The van der Waals surface area contributed by atoms with Crippen LogP contribution in [0.25, 0.3) is 0 Å². The van der Waals surface area contributed by atoms with Crippen molar-refractivity contribution in [1.29, 1.82) is 0 Å². The van der Waals surface area contributed by atoms with Crippen LogP contribution < -0.4 is 4.90 Å². The maximum atomic E-state index is 14.6. The summed E-state index contributed by atoms with van der Waals surface area (Å²) in [4.78, 5) is 8.52. The Morgan fingerprint density at radius 1 is 1.38 bits per heavy atom. The molecule has 3 nitrogen and oxygen atoms in total. The number of halogens is 3. The van der Waals surface area contributed by atoms with Crippen LogP contribution in [-0.2, 0) is 5.92 Å². The summed E-state index contributed by atoms with van der Waals surface area (Å²) in [5.74, 6) is -2.44. The first kappa shape index (κ1) is 15.0. The molecule has 2 aliphatic rings. The summed E-state index contributed by atoms with van der Waals surface area (Å²) in [6.07, 6.45) is 1.33. The zero-order valence-corrected chi connectivity index (χ0v) is 13.3. The maximum Gasteiger partial charge on any atom is 0.279 e. The molecule has 116 valence electrons. The highest BCUT2D eigenvalue weighted by Crippen LogP contribution is 2.47. The van der Waals surface area contributed by atoms with Crippen LogP contribution in [0, 0.1) is 6.92 Å². The lowest BCUT2D eigenvalue weighted by Gasteiger charge is -2.48. The second kappa shape index (κ2) is 5.06. The number of alkyl halides is 2. The molecule has 2 aliphatic heterocycles. The van der Waals surface area contributed by atoms with Crippen molar-refractivity contribution in [3.63, 3.8) is 0 Å². The van der Waals surface area contributed by atoms with Crippen molar-refractivity contribution in [2.75, 3.05) is 24.5 Å². The first-order valence-corrected chi connectivity index (χ1v) is 7.73. The molecule has 0 N–H and O–H groups in total. The van der Waals surface area contributed by atoms with E-state index < -0.39 is 5.92 Å². The average molecular weight is 316 g/mol. The molecule has 0 aromatic carbocycles. The van der Waals surface area contributed by atoms with E-state index in [1.54, 1.807) is 6.92 Å². The molecule has 0 radical (unpaired) electrons. The van der Waals surface area contributed by atoms with Crippen molar-refractivity contribution < 1.29 is 8.78 Å². The minimum Gasteiger partial charge on any atom is -0.350 e. The Kier molecular flexibility index (Phi) is 3.61. The van der Waals surface area contributed by atoms with Crippen LogP contribution in [-0.4, -0.2) is 41.6 Å². The van der Waals surface area contributed by atoms with E-state index in [4.69, 9.17) is 11.6 Å².